The van der Waals surface area contributed by atoms with Gasteiger partial charge in [0.25, 0.3) is 5.91 Å². The van der Waals surface area contributed by atoms with Crippen LogP contribution < -0.4 is 10.6 Å². The molecule has 2 aromatic carbocycles. The number of benzene rings is 2. The topological polar surface area (TPSA) is 80.0 Å². The number of aromatic nitrogens is 2. The molecule has 27 heavy (non-hydrogen) atoms. The summed E-state index contributed by atoms with van der Waals surface area (Å²) in [5, 5.41) is 9.94. The Hall–Kier alpha value is -3.93. The molecule has 0 spiro atoms. The van der Waals surface area contributed by atoms with Gasteiger partial charge >= 0.3 is 0 Å². The maximum atomic E-state index is 12.4. The van der Waals surface area contributed by atoms with Crippen molar-refractivity contribution in [2.75, 3.05) is 10.6 Å². The summed E-state index contributed by atoms with van der Waals surface area (Å²) >= 11 is 0. The molecule has 0 aliphatic heterocycles. The summed E-state index contributed by atoms with van der Waals surface area (Å²) in [6, 6.07) is 22.5. The van der Waals surface area contributed by atoms with Crippen LogP contribution in [0.3, 0.4) is 0 Å². The summed E-state index contributed by atoms with van der Waals surface area (Å²) in [5.41, 5.74) is 3.57. The van der Waals surface area contributed by atoms with Crippen LogP contribution in [-0.2, 0) is 0 Å². The van der Waals surface area contributed by atoms with Crippen molar-refractivity contribution < 1.29 is 9.32 Å². The average molecular weight is 356 g/mol. The van der Waals surface area contributed by atoms with E-state index in [1.807, 2.05) is 60.7 Å². The van der Waals surface area contributed by atoms with E-state index in [1.54, 1.807) is 24.5 Å². The molecule has 4 aromatic rings. The Morgan fingerprint density at radius 2 is 1.59 bits per heavy atom. The number of nitrogens with zero attached hydrogens (tertiary/aromatic N) is 2. The third-order valence-corrected chi connectivity index (χ3v) is 3.89. The van der Waals surface area contributed by atoms with E-state index in [0.29, 0.717) is 11.4 Å². The molecule has 132 valence electrons. The molecular formula is C21H16N4O2. The highest BCUT2D eigenvalue weighted by molar-refractivity contribution is 6.03. The van der Waals surface area contributed by atoms with E-state index in [9.17, 15) is 4.79 Å². The fourth-order valence-electron chi connectivity index (χ4n) is 2.55. The van der Waals surface area contributed by atoms with Crippen molar-refractivity contribution in [1.29, 1.82) is 0 Å². The van der Waals surface area contributed by atoms with Gasteiger partial charge in [0.1, 0.15) is 0 Å². The van der Waals surface area contributed by atoms with E-state index >= 15 is 0 Å². The zero-order chi connectivity index (χ0) is 18.5. The largest absolute Gasteiger partial charge is 0.356 e. The summed E-state index contributed by atoms with van der Waals surface area (Å²) in [4.78, 5) is 16.4. The van der Waals surface area contributed by atoms with Crippen LogP contribution in [0.15, 0.2) is 89.7 Å². The minimum absolute atomic E-state index is 0.209. The third-order valence-electron chi connectivity index (χ3n) is 3.89. The number of carbonyl (C=O) groups is 1. The van der Waals surface area contributed by atoms with Crippen molar-refractivity contribution in [3.8, 4) is 11.3 Å². The molecule has 0 unspecified atom stereocenters. The molecule has 0 aliphatic carbocycles. The maximum absolute atomic E-state index is 12.4. The Morgan fingerprint density at radius 3 is 2.33 bits per heavy atom. The molecule has 6 nitrogen and oxygen atoms in total. The number of pyridine rings is 1. The van der Waals surface area contributed by atoms with Gasteiger partial charge in [-0.05, 0) is 48.5 Å². The smallest absolute Gasteiger partial charge is 0.277 e. The first-order chi connectivity index (χ1) is 13.3. The second-order valence-corrected chi connectivity index (χ2v) is 5.84. The lowest BCUT2D eigenvalue weighted by Gasteiger charge is -2.08. The fraction of sp³-hybridized carbons (Fsp3) is 0. The molecular weight excluding hydrogens is 340 g/mol. The zero-order valence-corrected chi connectivity index (χ0v) is 14.3. The first kappa shape index (κ1) is 16.5. The van der Waals surface area contributed by atoms with Gasteiger partial charge < -0.3 is 15.2 Å². The van der Waals surface area contributed by atoms with Gasteiger partial charge in [-0.2, -0.15) is 0 Å². The molecule has 0 saturated carbocycles. The standard InChI is InChI=1S/C21H16N4O2/c26-21(19-13-20(27-25-19)15-5-4-12-22-14-15)24-18-10-8-17(9-11-18)23-16-6-2-1-3-7-16/h1-14,23H,(H,24,26). The molecule has 0 atom stereocenters. The van der Waals surface area contributed by atoms with E-state index in [0.717, 1.165) is 16.9 Å². The monoisotopic (exact) mass is 356 g/mol. The van der Waals surface area contributed by atoms with Gasteiger partial charge in [-0.1, -0.05) is 23.4 Å². The van der Waals surface area contributed by atoms with Crippen molar-refractivity contribution in [3.05, 3.63) is 90.9 Å². The lowest BCUT2D eigenvalue weighted by atomic mass is 10.2. The zero-order valence-electron chi connectivity index (χ0n) is 14.3. The number of rotatable bonds is 5. The molecule has 6 heteroatoms. The lowest BCUT2D eigenvalue weighted by molar-refractivity contribution is 0.101. The van der Waals surface area contributed by atoms with Crippen LogP contribution in [0.25, 0.3) is 11.3 Å². The van der Waals surface area contributed by atoms with E-state index < -0.39 is 0 Å². The van der Waals surface area contributed by atoms with Crippen molar-refractivity contribution in [1.82, 2.24) is 10.1 Å². The third kappa shape index (κ3) is 4.01. The SMILES string of the molecule is O=C(Nc1ccc(Nc2ccccc2)cc1)c1cc(-c2cccnc2)on1. The molecule has 2 aromatic heterocycles. The molecule has 2 N–H and O–H groups in total. The number of para-hydroxylation sites is 1. The molecule has 2 heterocycles. The van der Waals surface area contributed by atoms with Crippen molar-refractivity contribution in [2.24, 2.45) is 0 Å². The van der Waals surface area contributed by atoms with Gasteiger partial charge in [0.15, 0.2) is 11.5 Å². The van der Waals surface area contributed by atoms with Gasteiger partial charge in [0.05, 0.1) is 0 Å². The molecule has 0 fully saturated rings. The summed E-state index contributed by atoms with van der Waals surface area (Å²) in [6.07, 6.45) is 3.32. The van der Waals surface area contributed by atoms with Gasteiger partial charge in [0.2, 0.25) is 0 Å². The van der Waals surface area contributed by atoms with Gasteiger partial charge in [-0.15, -0.1) is 0 Å². The summed E-state index contributed by atoms with van der Waals surface area (Å²) in [6.45, 7) is 0. The van der Waals surface area contributed by atoms with E-state index in [1.165, 1.54) is 0 Å². The van der Waals surface area contributed by atoms with Crippen LogP contribution in [0.2, 0.25) is 0 Å². The first-order valence-corrected chi connectivity index (χ1v) is 8.38. The van der Waals surface area contributed by atoms with E-state index in [-0.39, 0.29) is 11.6 Å². The quantitative estimate of drug-likeness (QED) is 0.540. The van der Waals surface area contributed by atoms with Crippen LogP contribution in [0, 0.1) is 0 Å². The van der Waals surface area contributed by atoms with Crippen molar-refractivity contribution >= 4 is 23.0 Å². The Morgan fingerprint density at radius 1 is 0.852 bits per heavy atom. The first-order valence-electron chi connectivity index (χ1n) is 8.38. The fourth-order valence-corrected chi connectivity index (χ4v) is 2.55. The van der Waals surface area contributed by atoms with Gasteiger partial charge in [0, 0.05) is 41.1 Å². The number of hydrogen-bond acceptors (Lipinski definition) is 5. The Bertz CT molecular complexity index is 1030. The number of hydrogen-bond donors (Lipinski definition) is 2. The summed E-state index contributed by atoms with van der Waals surface area (Å²) in [7, 11) is 0. The molecule has 0 radical (unpaired) electrons. The van der Waals surface area contributed by atoms with Gasteiger partial charge in [-0.25, -0.2) is 0 Å². The average Bonchev–Trinajstić information content (AvgIpc) is 3.21. The van der Waals surface area contributed by atoms with Crippen LogP contribution in [0.1, 0.15) is 10.5 Å². The lowest BCUT2D eigenvalue weighted by Crippen LogP contribution is -2.12. The minimum atomic E-state index is -0.336. The number of nitrogens with one attached hydrogen (secondary N) is 2. The number of carbonyl (C=O) groups excluding carboxylic acids is 1. The second-order valence-electron chi connectivity index (χ2n) is 5.84. The number of anilines is 3. The van der Waals surface area contributed by atoms with Crippen molar-refractivity contribution in [2.45, 2.75) is 0 Å². The normalized spacial score (nSPS) is 10.4. The van der Waals surface area contributed by atoms with E-state index in [2.05, 4.69) is 20.8 Å². The molecule has 4 rings (SSSR count). The highest BCUT2D eigenvalue weighted by atomic mass is 16.5. The molecule has 0 bridgehead atoms. The summed E-state index contributed by atoms with van der Waals surface area (Å²) < 4.78 is 5.23. The highest BCUT2D eigenvalue weighted by Crippen LogP contribution is 2.21. The van der Waals surface area contributed by atoms with Crippen LogP contribution in [0.4, 0.5) is 17.1 Å². The van der Waals surface area contributed by atoms with Gasteiger partial charge in [-0.3, -0.25) is 9.78 Å². The number of amides is 1. The van der Waals surface area contributed by atoms with Crippen LogP contribution in [-0.4, -0.2) is 16.0 Å². The van der Waals surface area contributed by atoms with Crippen LogP contribution in [0.5, 0.6) is 0 Å². The van der Waals surface area contributed by atoms with E-state index in [4.69, 9.17) is 4.52 Å². The Balaban J connectivity index is 1.42. The molecule has 0 aliphatic rings. The predicted octanol–water partition coefficient (Wildman–Crippen LogP) is 4.73. The predicted molar refractivity (Wildman–Crippen MR) is 104 cm³/mol. The molecule has 1 amide bonds. The Labute approximate surface area is 155 Å². The van der Waals surface area contributed by atoms with Crippen molar-refractivity contribution in [3.63, 3.8) is 0 Å². The molecule has 0 saturated heterocycles. The maximum Gasteiger partial charge on any atom is 0.277 e. The minimum Gasteiger partial charge on any atom is -0.356 e. The second kappa shape index (κ2) is 7.53. The Kier molecular flexibility index (Phi) is 4.61. The van der Waals surface area contributed by atoms with Crippen LogP contribution >= 0.6 is 0 Å². The highest BCUT2D eigenvalue weighted by Gasteiger charge is 2.14. The summed E-state index contributed by atoms with van der Waals surface area (Å²) in [5.74, 6) is 0.160.